The third-order valence-electron chi connectivity index (χ3n) is 4.29. The van der Waals surface area contributed by atoms with Crippen LogP contribution in [0.5, 0.6) is 0 Å². The lowest BCUT2D eigenvalue weighted by Gasteiger charge is -2.24. The van der Waals surface area contributed by atoms with Crippen molar-refractivity contribution in [3.8, 4) is 0 Å². The Morgan fingerprint density at radius 1 is 1.45 bits per heavy atom. The van der Waals surface area contributed by atoms with E-state index in [2.05, 4.69) is 33.8 Å². The van der Waals surface area contributed by atoms with Gasteiger partial charge in [-0.3, -0.25) is 9.79 Å². The van der Waals surface area contributed by atoms with Crippen LogP contribution in [0.3, 0.4) is 0 Å². The molecule has 0 aromatic rings. The molecule has 1 saturated heterocycles. The third kappa shape index (κ3) is 4.69. The summed E-state index contributed by atoms with van der Waals surface area (Å²) in [6.07, 6.45) is 4.12. The van der Waals surface area contributed by atoms with E-state index in [1.165, 1.54) is 26.4 Å². The van der Waals surface area contributed by atoms with Gasteiger partial charge in [-0.2, -0.15) is 0 Å². The zero-order valence-corrected chi connectivity index (χ0v) is 13.3. The standard InChI is InChI=1S/C15H29N3O2/c1-5-12(6-2)13-8-10-18(11-13)15(16-3)17-9-7-14(19)20-4/h12-13H,5-11H2,1-4H3,(H,16,17). The molecule has 0 aromatic carbocycles. The van der Waals surface area contributed by atoms with E-state index >= 15 is 0 Å². The number of carbonyl (C=O) groups is 1. The van der Waals surface area contributed by atoms with Gasteiger partial charge >= 0.3 is 5.97 Å². The molecule has 116 valence electrons. The molecule has 0 amide bonds. The number of ether oxygens (including phenoxy) is 1. The highest BCUT2D eigenvalue weighted by Crippen LogP contribution is 2.28. The van der Waals surface area contributed by atoms with Crippen molar-refractivity contribution in [2.75, 3.05) is 33.8 Å². The second kappa shape index (κ2) is 8.82. The van der Waals surface area contributed by atoms with Crippen LogP contribution < -0.4 is 5.32 Å². The first-order chi connectivity index (χ1) is 9.65. The molecule has 0 aromatic heterocycles. The van der Waals surface area contributed by atoms with Crippen LogP contribution in [0, 0.1) is 11.8 Å². The van der Waals surface area contributed by atoms with Crippen LogP contribution in [0.15, 0.2) is 4.99 Å². The van der Waals surface area contributed by atoms with Crippen LogP contribution in [-0.4, -0.2) is 50.6 Å². The van der Waals surface area contributed by atoms with Crippen molar-refractivity contribution in [1.82, 2.24) is 10.2 Å². The van der Waals surface area contributed by atoms with Gasteiger partial charge in [-0.25, -0.2) is 0 Å². The maximum atomic E-state index is 11.1. The molecule has 0 radical (unpaired) electrons. The molecule has 1 unspecified atom stereocenters. The van der Waals surface area contributed by atoms with Crippen LogP contribution in [0.2, 0.25) is 0 Å². The number of nitrogens with zero attached hydrogens (tertiary/aromatic N) is 2. The molecule has 1 aliphatic rings. The second-order valence-corrected chi connectivity index (χ2v) is 5.37. The van der Waals surface area contributed by atoms with Gasteiger partial charge in [0.05, 0.1) is 13.5 Å². The average molecular weight is 283 g/mol. The average Bonchev–Trinajstić information content (AvgIpc) is 2.94. The largest absolute Gasteiger partial charge is 0.469 e. The lowest BCUT2D eigenvalue weighted by atomic mass is 9.87. The van der Waals surface area contributed by atoms with Crippen LogP contribution in [0.25, 0.3) is 0 Å². The number of likely N-dealkylation sites (tertiary alicyclic amines) is 1. The molecule has 5 heteroatoms. The number of carbonyl (C=O) groups excluding carboxylic acids is 1. The Morgan fingerprint density at radius 3 is 2.70 bits per heavy atom. The number of hydrogen-bond donors (Lipinski definition) is 1. The Morgan fingerprint density at radius 2 is 2.15 bits per heavy atom. The van der Waals surface area contributed by atoms with Crippen LogP contribution in [-0.2, 0) is 9.53 Å². The van der Waals surface area contributed by atoms with Gasteiger partial charge in [0.1, 0.15) is 0 Å². The van der Waals surface area contributed by atoms with Crippen LogP contribution in [0.1, 0.15) is 39.5 Å². The fourth-order valence-electron chi connectivity index (χ4n) is 3.03. The van der Waals surface area contributed by atoms with E-state index in [1.54, 1.807) is 7.05 Å². The lowest BCUT2D eigenvalue weighted by Crippen LogP contribution is -2.41. The first-order valence-corrected chi connectivity index (χ1v) is 7.68. The van der Waals surface area contributed by atoms with E-state index in [-0.39, 0.29) is 5.97 Å². The molecule has 0 bridgehead atoms. The number of methoxy groups -OCH3 is 1. The van der Waals surface area contributed by atoms with E-state index < -0.39 is 0 Å². The highest BCUT2D eigenvalue weighted by atomic mass is 16.5. The maximum Gasteiger partial charge on any atom is 0.307 e. The summed E-state index contributed by atoms with van der Waals surface area (Å²) in [6.45, 7) is 7.26. The van der Waals surface area contributed by atoms with Crippen molar-refractivity contribution in [3.63, 3.8) is 0 Å². The number of nitrogens with one attached hydrogen (secondary N) is 1. The molecule has 20 heavy (non-hydrogen) atoms. The minimum Gasteiger partial charge on any atom is -0.469 e. The van der Waals surface area contributed by atoms with Crippen molar-refractivity contribution in [3.05, 3.63) is 0 Å². The predicted molar refractivity (Wildman–Crippen MR) is 81.7 cm³/mol. The minimum atomic E-state index is -0.190. The van der Waals surface area contributed by atoms with Gasteiger partial charge in [0.25, 0.3) is 0 Å². The monoisotopic (exact) mass is 283 g/mol. The highest BCUT2D eigenvalue weighted by Gasteiger charge is 2.29. The molecule has 1 N–H and O–H groups in total. The molecule has 5 nitrogen and oxygen atoms in total. The Balaban J connectivity index is 2.42. The highest BCUT2D eigenvalue weighted by molar-refractivity contribution is 5.80. The summed E-state index contributed by atoms with van der Waals surface area (Å²) in [5, 5.41) is 3.25. The summed E-state index contributed by atoms with van der Waals surface area (Å²) in [7, 11) is 3.21. The second-order valence-electron chi connectivity index (χ2n) is 5.37. The molecule has 0 spiro atoms. The summed E-state index contributed by atoms with van der Waals surface area (Å²) < 4.78 is 4.64. The van der Waals surface area contributed by atoms with Crippen molar-refractivity contribution in [1.29, 1.82) is 0 Å². The topological polar surface area (TPSA) is 53.9 Å². The van der Waals surface area contributed by atoms with Gasteiger partial charge in [-0.1, -0.05) is 26.7 Å². The predicted octanol–water partition coefficient (Wildman–Crippen LogP) is 1.88. The van der Waals surface area contributed by atoms with E-state index in [0.29, 0.717) is 13.0 Å². The number of guanidine groups is 1. The van der Waals surface area contributed by atoms with E-state index in [1.807, 2.05) is 0 Å². The quantitative estimate of drug-likeness (QED) is 0.459. The summed E-state index contributed by atoms with van der Waals surface area (Å²) in [5.74, 6) is 2.30. The zero-order valence-electron chi connectivity index (χ0n) is 13.3. The summed E-state index contributed by atoms with van der Waals surface area (Å²) in [5.41, 5.74) is 0. The van der Waals surface area contributed by atoms with Crippen molar-refractivity contribution in [2.45, 2.75) is 39.5 Å². The fourth-order valence-corrected chi connectivity index (χ4v) is 3.03. The third-order valence-corrected chi connectivity index (χ3v) is 4.29. The molecular weight excluding hydrogens is 254 g/mol. The molecule has 1 rings (SSSR count). The maximum absolute atomic E-state index is 11.1. The molecule has 0 aliphatic carbocycles. The normalized spacial score (nSPS) is 19.6. The van der Waals surface area contributed by atoms with Crippen molar-refractivity contribution < 1.29 is 9.53 Å². The smallest absolute Gasteiger partial charge is 0.307 e. The van der Waals surface area contributed by atoms with Gasteiger partial charge in [-0.15, -0.1) is 0 Å². The fraction of sp³-hybridized carbons (Fsp3) is 0.867. The Kier molecular flexibility index (Phi) is 7.41. The Labute approximate surface area is 122 Å². The molecule has 1 atom stereocenters. The van der Waals surface area contributed by atoms with Crippen LogP contribution >= 0.6 is 0 Å². The summed E-state index contributed by atoms with van der Waals surface area (Å²) >= 11 is 0. The van der Waals surface area contributed by atoms with Gasteiger partial charge in [0.15, 0.2) is 5.96 Å². The van der Waals surface area contributed by atoms with Gasteiger partial charge < -0.3 is 15.0 Å². The minimum absolute atomic E-state index is 0.190. The SMILES string of the molecule is CCC(CC)C1CCN(C(=NC)NCCC(=O)OC)C1. The summed E-state index contributed by atoms with van der Waals surface area (Å²) in [6, 6.07) is 0. The van der Waals surface area contributed by atoms with E-state index in [9.17, 15) is 4.79 Å². The molecule has 1 aliphatic heterocycles. The van der Waals surface area contributed by atoms with Gasteiger partial charge in [0.2, 0.25) is 0 Å². The Bertz CT molecular complexity index is 327. The Hall–Kier alpha value is -1.26. The van der Waals surface area contributed by atoms with E-state index in [4.69, 9.17) is 0 Å². The molecule has 1 fully saturated rings. The molecule has 1 heterocycles. The lowest BCUT2D eigenvalue weighted by molar-refractivity contribution is -0.140. The van der Waals surface area contributed by atoms with E-state index in [0.717, 1.165) is 30.9 Å². The number of hydrogen-bond acceptors (Lipinski definition) is 3. The van der Waals surface area contributed by atoms with Crippen molar-refractivity contribution >= 4 is 11.9 Å². The number of esters is 1. The first kappa shape index (κ1) is 16.8. The van der Waals surface area contributed by atoms with Gasteiger partial charge in [-0.05, 0) is 18.3 Å². The zero-order chi connectivity index (χ0) is 15.0. The summed E-state index contributed by atoms with van der Waals surface area (Å²) in [4.78, 5) is 17.7. The van der Waals surface area contributed by atoms with Crippen molar-refractivity contribution in [2.24, 2.45) is 16.8 Å². The molecular formula is C15H29N3O2. The first-order valence-electron chi connectivity index (χ1n) is 7.68. The number of aliphatic imine (C=N–C) groups is 1. The molecule has 0 saturated carbocycles. The number of rotatable bonds is 6. The van der Waals surface area contributed by atoms with Gasteiger partial charge in [0, 0.05) is 26.7 Å². The van der Waals surface area contributed by atoms with Crippen LogP contribution in [0.4, 0.5) is 0 Å².